The molecule has 5 heteroatoms. The van der Waals surface area contributed by atoms with Crippen molar-refractivity contribution >= 4 is 0 Å². The fraction of sp³-hybridized carbons (Fsp3) is 1.00. The van der Waals surface area contributed by atoms with E-state index in [0.717, 1.165) is 19.6 Å². The molecule has 0 aliphatic carbocycles. The predicted octanol–water partition coefficient (Wildman–Crippen LogP) is -0.0214. The van der Waals surface area contributed by atoms with Crippen molar-refractivity contribution in [2.24, 2.45) is 0 Å². The van der Waals surface area contributed by atoms with Gasteiger partial charge in [0, 0.05) is 33.2 Å². The van der Waals surface area contributed by atoms with Gasteiger partial charge in [-0.25, -0.2) is 0 Å². The lowest BCUT2D eigenvalue weighted by Crippen LogP contribution is -2.25. The smallest absolute Gasteiger partial charge is 0.0362 e. The van der Waals surface area contributed by atoms with Crippen molar-refractivity contribution in [2.75, 3.05) is 75.5 Å². The maximum atomic E-state index is 8.61. The van der Waals surface area contributed by atoms with Gasteiger partial charge in [-0.05, 0) is 42.3 Å². The molecule has 0 amide bonds. The zero-order valence-electron chi connectivity index (χ0n) is 12.1. The molecule has 0 saturated heterocycles. The largest absolute Gasteiger partial charge is 0.314 e. The van der Waals surface area contributed by atoms with Gasteiger partial charge in [-0.15, -0.1) is 0 Å². The Morgan fingerprint density at radius 1 is 0.562 bits per heavy atom. The molecule has 0 aromatic carbocycles. The van der Waals surface area contributed by atoms with Crippen molar-refractivity contribution in [3.8, 4) is 0 Å². The van der Waals surface area contributed by atoms with Gasteiger partial charge in [0.15, 0.2) is 0 Å². The van der Waals surface area contributed by atoms with Gasteiger partial charge in [-0.1, -0.05) is 0 Å². The quantitative estimate of drug-likeness (QED) is 0.653. The topological polar surface area (TPSA) is 33.2 Å². The predicted molar refractivity (Wildman–Crippen MR) is 70.1 cm³/mol. The molecule has 0 aliphatic heterocycles. The average molecular weight is 234 g/mol. The standard InChI is InChI=1S/C6H16N2.C5H14N2O/c1-7(2)5-6-8(3)4;1-6(2)4-5-7(3)8/h5-6H2,1-4H3;8H,4-5H2,1-3H3. The van der Waals surface area contributed by atoms with E-state index in [1.807, 2.05) is 19.0 Å². The lowest BCUT2D eigenvalue weighted by atomic mass is 10.5. The van der Waals surface area contributed by atoms with E-state index in [0.29, 0.717) is 6.54 Å². The van der Waals surface area contributed by atoms with Gasteiger partial charge in [-0.2, -0.15) is 5.06 Å². The minimum Gasteiger partial charge on any atom is -0.314 e. The van der Waals surface area contributed by atoms with E-state index < -0.39 is 0 Å². The van der Waals surface area contributed by atoms with Crippen LogP contribution in [0.3, 0.4) is 0 Å². The summed E-state index contributed by atoms with van der Waals surface area (Å²) in [5, 5.41) is 9.79. The lowest BCUT2D eigenvalue weighted by molar-refractivity contribution is -0.0674. The number of likely N-dealkylation sites (N-methyl/N-ethyl adjacent to an activating group) is 4. The molecule has 0 radical (unpaired) electrons. The highest BCUT2D eigenvalue weighted by molar-refractivity contribution is 4.46. The first-order valence-corrected chi connectivity index (χ1v) is 5.60. The highest BCUT2D eigenvalue weighted by Crippen LogP contribution is 1.76. The van der Waals surface area contributed by atoms with Gasteiger partial charge in [0.05, 0.1) is 0 Å². The molecule has 0 atom stereocenters. The first-order valence-electron chi connectivity index (χ1n) is 5.60. The average Bonchev–Trinajstić information content (AvgIpc) is 2.12. The Bertz CT molecular complexity index is 106. The van der Waals surface area contributed by atoms with Crippen LogP contribution < -0.4 is 0 Å². The summed E-state index contributed by atoms with van der Waals surface area (Å²) in [6.07, 6.45) is 0. The van der Waals surface area contributed by atoms with E-state index in [2.05, 4.69) is 38.0 Å². The summed E-state index contributed by atoms with van der Waals surface area (Å²) >= 11 is 0. The molecule has 5 nitrogen and oxygen atoms in total. The second-order valence-corrected chi connectivity index (χ2v) is 4.79. The Hall–Kier alpha value is -0.200. The van der Waals surface area contributed by atoms with Gasteiger partial charge in [0.1, 0.15) is 0 Å². The molecule has 0 unspecified atom stereocenters. The Morgan fingerprint density at radius 2 is 0.812 bits per heavy atom. The number of rotatable bonds is 6. The third-order valence-electron chi connectivity index (χ3n) is 1.87. The summed E-state index contributed by atoms with van der Waals surface area (Å²) in [5.41, 5.74) is 0. The first kappa shape index (κ1) is 18.2. The Labute approximate surface area is 101 Å². The van der Waals surface area contributed by atoms with Crippen LogP contribution in [-0.2, 0) is 0 Å². The number of nitrogens with zero attached hydrogens (tertiary/aromatic N) is 4. The summed E-state index contributed by atoms with van der Waals surface area (Å²) in [6.45, 7) is 3.89. The molecule has 0 heterocycles. The van der Waals surface area contributed by atoms with E-state index >= 15 is 0 Å². The molecule has 0 saturated carbocycles. The minimum atomic E-state index is 0.701. The molecule has 16 heavy (non-hydrogen) atoms. The van der Waals surface area contributed by atoms with Crippen LogP contribution in [0.4, 0.5) is 0 Å². The van der Waals surface area contributed by atoms with Crippen molar-refractivity contribution in [1.29, 1.82) is 0 Å². The Balaban J connectivity index is 0. The summed E-state index contributed by atoms with van der Waals surface area (Å²) < 4.78 is 0. The monoisotopic (exact) mass is 234 g/mol. The molecule has 0 aromatic heterocycles. The number of hydroxylamine groups is 2. The lowest BCUT2D eigenvalue weighted by Gasteiger charge is -2.13. The van der Waals surface area contributed by atoms with Gasteiger partial charge in [0.25, 0.3) is 0 Å². The third-order valence-corrected chi connectivity index (χ3v) is 1.87. The zero-order valence-corrected chi connectivity index (χ0v) is 12.1. The van der Waals surface area contributed by atoms with Crippen molar-refractivity contribution in [3.05, 3.63) is 0 Å². The van der Waals surface area contributed by atoms with Crippen LogP contribution >= 0.6 is 0 Å². The van der Waals surface area contributed by atoms with Crippen molar-refractivity contribution in [2.45, 2.75) is 0 Å². The Morgan fingerprint density at radius 3 is 0.938 bits per heavy atom. The highest BCUT2D eigenvalue weighted by Gasteiger charge is 1.91. The van der Waals surface area contributed by atoms with Crippen LogP contribution in [0.1, 0.15) is 0 Å². The molecule has 0 aliphatic rings. The van der Waals surface area contributed by atoms with Crippen LogP contribution in [-0.4, -0.2) is 100 Å². The number of hydrogen-bond donors (Lipinski definition) is 1. The molecular formula is C11H30N4O. The first-order chi connectivity index (χ1) is 7.25. The molecule has 0 aromatic rings. The van der Waals surface area contributed by atoms with Gasteiger partial charge < -0.3 is 19.9 Å². The fourth-order valence-corrected chi connectivity index (χ4v) is 0.745. The minimum absolute atomic E-state index is 0.701. The molecule has 0 spiro atoms. The SMILES string of the molecule is CN(C)CCN(C)C.CN(C)CCN(C)O. The molecule has 100 valence electrons. The molecular weight excluding hydrogens is 204 g/mol. The molecule has 0 bridgehead atoms. The van der Waals surface area contributed by atoms with Crippen molar-refractivity contribution in [1.82, 2.24) is 19.8 Å². The van der Waals surface area contributed by atoms with E-state index in [4.69, 9.17) is 5.21 Å². The summed E-state index contributed by atoms with van der Waals surface area (Å²) in [6, 6.07) is 0. The van der Waals surface area contributed by atoms with Crippen LogP contribution in [0, 0.1) is 0 Å². The van der Waals surface area contributed by atoms with Gasteiger partial charge in [0.2, 0.25) is 0 Å². The zero-order chi connectivity index (χ0) is 13.1. The maximum Gasteiger partial charge on any atom is 0.0362 e. The Kier molecular flexibility index (Phi) is 12.8. The van der Waals surface area contributed by atoms with E-state index in [1.165, 1.54) is 5.06 Å². The van der Waals surface area contributed by atoms with Crippen LogP contribution in [0.2, 0.25) is 0 Å². The van der Waals surface area contributed by atoms with Crippen LogP contribution in [0.25, 0.3) is 0 Å². The van der Waals surface area contributed by atoms with E-state index in [9.17, 15) is 0 Å². The van der Waals surface area contributed by atoms with Crippen LogP contribution in [0.15, 0.2) is 0 Å². The second kappa shape index (κ2) is 11.3. The second-order valence-electron chi connectivity index (χ2n) is 4.79. The van der Waals surface area contributed by atoms with Crippen LogP contribution in [0.5, 0.6) is 0 Å². The normalized spacial score (nSPS) is 11.2. The van der Waals surface area contributed by atoms with E-state index in [1.54, 1.807) is 7.05 Å². The molecule has 0 fully saturated rings. The van der Waals surface area contributed by atoms with Gasteiger partial charge >= 0.3 is 0 Å². The van der Waals surface area contributed by atoms with Gasteiger partial charge in [-0.3, -0.25) is 0 Å². The van der Waals surface area contributed by atoms with Crippen molar-refractivity contribution in [3.63, 3.8) is 0 Å². The third kappa shape index (κ3) is 23.5. The summed E-state index contributed by atoms with van der Waals surface area (Å²) in [5.74, 6) is 0. The summed E-state index contributed by atoms with van der Waals surface area (Å²) in [4.78, 5) is 6.38. The number of hydrogen-bond acceptors (Lipinski definition) is 5. The van der Waals surface area contributed by atoms with Crippen molar-refractivity contribution < 1.29 is 5.21 Å². The maximum absolute atomic E-state index is 8.61. The van der Waals surface area contributed by atoms with E-state index in [-0.39, 0.29) is 0 Å². The molecule has 1 N–H and O–H groups in total. The molecule has 0 rings (SSSR count). The highest BCUT2D eigenvalue weighted by atomic mass is 16.5. The summed E-state index contributed by atoms with van der Waals surface area (Å²) in [7, 11) is 13.9. The fourth-order valence-electron chi connectivity index (χ4n) is 0.745.